The summed E-state index contributed by atoms with van der Waals surface area (Å²) in [5.74, 6) is 1.36. The highest BCUT2D eigenvalue weighted by Gasteiger charge is 2.28. The average molecular weight is 253 g/mol. The van der Waals surface area contributed by atoms with E-state index in [0.717, 1.165) is 18.7 Å². The fraction of sp³-hybridized carbons (Fsp3) is 0.769. The molecule has 1 aromatic heterocycles. The fourth-order valence-corrected chi connectivity index (χ4v) is 1.93. The van der Waals surface area contributed by atoms with Crippen LogP contribution in [0.15, 0.2) is 0 Å². The molecule has 0 N–H and O–H groups in total. The number of hydrogen-bond acceptors (Lipinski definition) is 4. The van der Waals surface area contributed by atoms with Crippen molar-refractivity contribution in [2.45, 2.75) is 46.5 Å². The van der Waals surface area contributed by atoms with Gasteiger partial charge in [0.15, 0.2) is 5.82 Å². The van der Waals surface area contributed by atoms with Gasteiger partial charge >= 0.3 is 5.97 Å². The Kier molecular flexibility index (Phi) is 5.31. The van der Waals surface area contributed by atoms with Gasteiger partial charge in [-0.05, 0) is 19.3 Å². The van der Waals surface area contributed by atoms with E-state index < -0.39 is 0 Å². The number of carbonyl (C=O) groups excluding carboxylic acids is 1. The minimum absolute atomic E-state index is 0.204. The number of rotatable bonds is 6. The molecule has 0 aliphatic heterocycles. The summed E-state index contributed by atoms with van der Waals surface area (Å²) in [6.45, 7) is 8.39. The van der Waals surface area contributed by atoms with Crippen molar-refractivity contribution < 1.29 is 9.53 Å². The van der Waals surface area contributed by atoms with Gasteiger partial charge in [-0.25, -0.2) is 4.98 Å². The van der Waals surface area contributed by atoms with Crippen LogP contribution in [0.1, 0.15) is 51.7 Å². The van der Waals surface area contributed by atoms with Crippen LogP contribution in [-0.2, 0) is 23.0 Å². The van der Waals surface area contributed by atoms with Crippen molar-refractivity contribution >= 4 is 5.97 Å². The maximum Gasteiger partial charge on any atom is 0.316 e. The van der Waals surface area contributed by atoms with Crippen LogP contribution in [0.25, 0.3) is 0 Å². The number of esters is 1. The van der Waals surface area contributed by atoms with E-state index in [1.807, 2.05) is 20.9 Å². The molecule has 18 heavy (non-hydrogen) atoms. The van der Waals surface area contributed by atoms with Gasteiger partial charge in [0.2, 0.25) is 0 Å². The Labute approximate surface area is 109 Å². The molecule has 5 heteroatoms. The second-order valence-corrected chi connectivity index (χ2v) is 4.80. The second kappa shape index (κ2) is 6.52. The van der Waals surface area contributed by atoms with Crippen molar-refractivity contribution in [1.29, 1.82) is 0 Å². The Bertz CT molecular complexity index is 399. The van der Waals surface area contributed by atoms with E-state index in [4.69, 9.17) is 4.74 Å². The maximum absolute atomic E-state index is 12.0. The van der Waals surface area contributed by atoms with Crippen LogP contribution in [0.5, 0.6) is 0 Å². The van der Waals surface area contributed by atoms with Gasteiger partial charge in [0.05, 0.1) is 6.61 Å². The SMILES string of the molecule is CCOC(=O)C(CC(C)C)c1nc(CC)nn1C. The zero-order valence-electron chi connectivity index (χ0n) is 11.9. The third-order valence-corrected chi connectivity index (χ3v) is 2.75. The molecule has 1 heterocycles. The maximum atomic E-state index is 12.0. The van der Waals surface area contributed by atoms with Crippen LogP contribution in [0, 0.1) is 5.92 Å². The average Bonchev–Trinajstić information content (AvgIpc) is 2.67. The van der Waals surface area contributed by atoms with Gasteiger partial charge in [0.1, 0.15) is 11.7 Å². The normalized spacial score (nSPS) is 12.8. The number of hydrogen-bond donors (Lipinski definition) is 0. The van der Waals surface area contributed by atoms with E-state index in [9.17, 15) is 4.79 Å². The molecule has 0 aromatic carbocycles. The van der Waals surface area contributed by atoms with E-state index in [1.165, 1.54) is 0 Å². The molecular formula is C13H23N3O2. The summed E-state index contributed by atoms with van der Waals surface area (Å²) in [5, 5.41) is 4.30. The molecule has 1 atom stereocenters. The third kappa shape index (κ3) is 3.55. The Morgan fingerprint density at radius 2 is 2.06 bits per heavy atom. The molecule has 0 bridgehead atoms. The fourth-order valence-electron chi connectivity index (χ4n) is 1.93. The zero-order chi connectivity index (χ0) is 13.7. The number of aromatic nitrogens is 3. The lowest BCUT2D eigenvalue weighted by Crippen LogP contribution is -2.21. The molecule has 0 fully saturated rings. The molecule has 0 saturated heterocycles. The summed E-state index contributed by atoms with van der Waals surface area (Å²) >= 11 is 0. The summed E-state index contributed by atoms with van der Waals surface area (Å²) < 4.78 is 6.83. The number of aryl methyl sites for hydroxylation is 2. The Hall–Kier alpha value is -1.39. The summed E-state index contributed by atoms with van der Waals surface area (Å²) in [7, 11) is 1.83. The Morgan fingerprint density at radius 3 is 2.50 bits per heavy atom. The third-order valence-electron chi connectivity index (χ3n) is 2.75. The van der Waals surface area contributed by atoms with Crippen LogP contribution < -0.4 is 0 Å². The van der Waals surface area contributed by atoms with Crippen molar-refractivity contribution in [1.82, 2.24) is 14.8 Å². The predicted octanol–water partition coefficient (Wildman–Crippen LogP) is 2.07. The first kappa shape index (κ1) is 14.7. The molecule has 1 unspecified atom stereocenters. The van der Waals surface area contributed by atoms with Crippen molar-refractivity contribution in [2.24, 2.45) is 13.0 Å². The number of nitrogens with zero attached hydrogens (tertiary/aromatic N) is 3. The molecule has 0 spiro atoms. The smallest absolute Gasteiger partial charge is 0.316 e. The molecule has 5 nitrogen and oxygen atoms in total. The highest BCUT2D eigenvalue weighted by Crippen LogP contribution is 2.23. The van der Waals surface area contributed by atoms with Crippen LogP contribution in [0.3, 0.4) is 0 Å². The summed E-state index contributed by atoms with van der Waals surface area (Å²) in [6, 6.07) is 0. The molecule has 0 aliphatic rings. The first-order valence-corrected chi connectivity index (χ1v) is 6.55. The van der Waals surface area contributed by atoms with Gasteiger partial charge in [-0.15, -0.1) is 0 Å². The molecule has 102 valence electrons. The van der Waals surface area contributed by atoms with Crippen molar-refractivity contribution in [3.63, 3.8) is 0 Å². The van der Waals surface area contributed by atoms with Gasteiger partial charge in [-0.2, -0.15) is 5.10 Å². The summed E-state index contributed by atoms with van der Waals surface area (Å²) in [5.41, 5.74) is 0. The lowest BCUT2D eigenvalue weighted by Gasteiger charge is -2.16. The van der Waals surface area contributed by atoms with E-state index in [1.54, 1.807) is 4.68 Å². The molecule has 1 rings (SSSR count). The topological polar surface area (TPSA) is 57.0 Å². The highest BCUT2D eigenvalue weighted by molar-refractivity contribution is 5.77. The minimum atomic E-state index is -0.317. The largest absolute Gasteiger partial charge is 0.465 e. The predicted molar refractivity (Wildman–Crippen MR) is 69.2 cm³/mol. The highest BCUT2D eigenvalue weighted by atomic mass is 16.5. The van der Waals surface area contributed by atoms with Crippen molar-refractivity contribution in [2.75, 3.05) is 6.61 Å². The Morgan fingerprint density at radius 1 is 1.39 bits per heavy atom. The van der Waals surface area contributed by atoms with E-state index in [0.29, 0.717) is 18.3 Å². The standard InChI is InChI=1S/C13H23N3O2/c1-6-11-14-12(16(5)15-11)10(8-9(3)4)13(17)18-7-2/h9-10H,6-8H2,1-5H3. The van der Waals surface area contributed by atoms with Crippen LogP contribution in [0.4, 0.5) is 0 Å². The van der Waals surface area contributed by atoms with Gasteiger partial charge < -0.3 is 4.74 Å². The number of carbonyl (C=O) groups is 1. The van der Waals surface area contributed by atoms with Crippen LogP contribution in [-0.4, -0.2) is 27.3 Å². The van der Waals surface area contributed by atoms with Crippen LogP contribution in [0.2, 0.25) is 0 Å². The monoisotopic (exact) mass is 253 g/mol. The van der Waals surface area contributed by atoms with E-state index in [2.05, 4.69) is 23.9 Å². The van der Waals surface area contributed by atoms with Gasteiger partial charge in [0, 0.05) is 13.5 Å². The zero-order valence-corrected chi connectivity index (χ0v) is 11.9. The molecule has 0 amide bonds. The quantitative estimate of drug-likeness (QED) is 0.728. The summed E-state index contributed by atoms with van der Waals surface area (Å²) in [6.07, 6.45) is 1.50. The van der Waals surface area contributed by atoms with Crippen molar-refractivity contribution in [3.8, 4) is 0 Å². The Balaban J connectivity index is 3.00. The molecular weight excluding hydrogens is 230 g/mol. The number of ether oxygens (including phenoxy) is 1. The van der Waals surface area contributed by atoms with Gasteiger partial charge in [0.25, 0.3) is 0 Å². The lowest BCUT2D eigenvalue weighted by atomic mass is 9.96. The summed E-state index contributed by atoms with van der Waals surface area (Å²) in [4.78, 5) is 16.5. The molecule has 1 aromatic rings. The van der Waals surface area contributed by atoms with E-state index >= 15 is 0 Å². The van der Waals surface area contributed by atoms with Gasteiger partial charge in [-0.1, -0.05) is 20.8 Å². The minimum Gasteiger partial charge on any atom is -0.465 e. The first-order chi connectivity index (χ1) is 8.49. The second-order valence-electron chi connectivity index (χ2n) is 4.80. The molecule has 0 saturated carbocycles. The van der Waals surface area contributed by atoms with E-state index in [-0.39, 0.29) is 11.9 Å². The first-order valence-electron chi connectivity index (χ1n) is 6.55. The van der Waals surface area contributed by atoms with Gasteiger partial charge in [-0.3, -0.25) is 9.48 Å². The molecule has 0 radical (unpaired) electrons. The van der Waals surface area contributed by atoms with Crippen molar-refractivity contribution in [3.05, 3.63) is 11.6 Å². The van der Waals surface area contributed by atoms with Crippen LogP contribution >= 0.6 is 0 Å². The molecule has 0 aliphatic carbocycles. The lowest BCUT2D eigenvalue weighted by molar-refractivity contribution is -0.145.